The van der Waals surface area contributed by atoms with Gasteiger partial charge in [-0.3, -0.25) is 0 Å². The Morgan fingerprint density at radius 2 is 2.33 bits per heavy atom. The lowest BCUT2D eigenvalue weighted by molar-refractivity contribution is 0.817. The van der Waals surface area contributed by atoms with E-state index in [0.717, 1.165) is 29.4 Å². The smallest absolute Gasteiger partial charge is 0.128 e. The van der Waals surface area contributed by atoms with Gasteiger partial charge in [0.1, 0.15) is 16.0 Å². The van der Waals surface area contributed by atoms with Crippen LogP contribution in [0.5, 0.6) is 0 Å². The predicted molar refractivity (Wildman–Crippen MR) is 62.5 cm³/mol. The van der Waals surface area contributed by atoms with E-state index < -0.39 is 0 Å². The summed E-state index contributed by atoms with van der Waals surface area (Å²) in [5.74, 6) is 0.956. The summed E-state index contributed by atoms with van der Waals surface area (Å²) >= 11 is 7.59. The van der Waals surface area contributed by atoms with Crippen LogP contribution in [0.25, 0.3) is 0 Å². The van der Waals surface area contributed by atoms with E-state index in [-0.39, 0.29) is 0 Å². The molecule has 80 valence electrons. The highest BCUT2D eigenvalue weighted by Crippen LogP contribution is 2.16. The van der Waals surface area contributed by atoms with Gasteiger partial charge in [-0.2, -0.15) is 0 Å². The fraction of sp³-hybridized carbons (Fsp3) is 0.400. The molecule has 0 bridgehead atoms. The second-order valence-electron chi connectivity index (χ2n) is 3.32. The van der Waals surface area contributed by atoms with Crippen LogP contribution in [0, 0.1) is 0 Å². The van der Waals surface area contributed by atoms with E-state index >= 15 is 0 Å². The number of rotatable bonds is 3. The third-order valence-electron chi connectivity index (χ3n) is 2.30. The number of hydrogen-bond donors (Lipinski definition) is 0. The number of halogens is 1. The van der Waals surface area contributed by atoms with Crippen LogP contribution in [0.15, 0.2) is 11.6 Å². The predicted octanol–water partition coefficient (Wildman–Crippen LogP) is 2.68. The Morgan fingerprint density at radius 1 is 1.53 bits per heavy atom. The summed E-state index contributed by atoms with van der Waals surface area (Å²) in [6.07, 6.45) is 3.41. The molecule has 0 N–H and O–H groups in total. The Labute approximate surface area is 97.8 Å². The van der Waals surface area contributed by atoms with Crippen LogP contribution in [-0.2, 0) is 19.9 Å². The monoisotopic (exact) mass is 241 g/mol. The van der Waals surface area contributed by atoms with Gasteiger partial charge in [0.2, 0.25) is 0 Å². The SMILES string of the molecule is CCc1csc(Cc2ncc(Cl)n2C)n1. The maximum atomic E-state index is 5.91. The van der Waals surface area contributed by atoms with Gasteiger partial charge in [-0.15, -0.1) is 11.3 Å². The third-order valence-corrected chi connectivity index (χ3v) is 3.55. The number of thiazole rings is 1. The first-order valence-electron chi connectivity index (χ1n) is 4.80. The average Bonchev–Trinajstić information content (AvgIpc) is 2.80. The van der Waals surface area contributed by atoms with Crippen LogP contribution in [0.2, 0.25) is 5.15 Å². The van der Waals surface area contributed by atoms with Gasteiger partial charge in [-0.1, -0.05) is 18.5 Å². The summed E-state index contributed by atoms with van der Waals surface area (Å²) in [4.78, 5) is 8.74. The van der Waals surface area contributed by atoms with Gasteiger partial charge in [0.05, 0.1) is 18.3 Å². The molecule has 0 aliphatic heterocycles. The fourth-order valence-corrected chi connectivity index (χ4v) is 2.34. The normalized spacial score (nSPS) is 10.9. The first-order valence-corrected chi connectivity index (χ1v) is 6.05. The van der Waals surface area contributed by atoms with Crippen molar-refractivity contribution < 1.29 is 0 Å². The highest BCUT2D eigenvalue weighted by molar-refractivity contribution is 7.09. The maximum Gasteiger partial charge on any atom is 0.128 e. The second-order valence-corrected chi connectivity index (χ2v) is 4.65. The van der Waals surface area contributed by atoms with Gasteiger partial charge in [-0.25, -0.2) is 9.97 Å². The molecule has 15 heavy (non-hydrogen) atoms. The molecule has 2 aromatic rings. The molecule has 2 rings (SSSR count). The van der Waals surface area contributed by atoms with E-state index in [4.69, 9.17) is 11.6 Å². The van der Waals surface area contributed by atoms with Crippen molar-refractivity contribution in [3.05, 3.63) is 33.3 Å². The van der Waals surface area contributed by atoms with E-state index in [1.54, 1.807) is 17.5 Å². The molecule has 0 aromatic carbocycles. The molecule has 0 aliphatic carbocycles. The van der Waals surface area contributed by atoms with Crippen molar-refractivity contribution in [3.63, 3.8) is 0 Å². The lowest BCUT2D eigenvalue weighted by Crippen LogP contribution is -1.99. The minimum absolute atomic E-state index is 0.664. The molecule has 0 unspecified atom stereocenters. The van der Waals surface area contributed by atoms with Crippen LogP contribution >= 0.6 is 22.9 Å². The highest BCUT2D eigenvalue weighted by atomic mass is 35.5. The molecule has 0 fully saturated rings. The van der Waals surface area contributed by atoms with Crippen molar-refractivity contribution in [2.24, 2.45) is 7.05 Å². The number of imidazole rings is 1. The quantitative estimate of drug-likeness (QED) is 0.827. The van der Waals surface area contributed by atoms with E-state index in [2.05, 4.69) is 22.3 Å². The molecule has 0 saturated heterocycles. The van der Waals surface area contributed by atoms with E-state index in [1.165, 1.54) is 0 Å². The summed E-state index contributed by atoms with van der Waals surface area (Å²) < 4.78 is 1.88. The largest absolute Gasteiger partial charge is 0.322 e. The van der Waals surface area contributed by atoms with Crippen LogP contribution in [0.3, 0.4) is 0 Å². The minimum Gasteiger partial charge on any atom is -0.322 e. The molecular formula is C10H12ClN3S. The summed E-state index contributed by atoms with van der Waals surface area (Å²) in [5, 5.41) is 3.86. The van der Waals surface area contributed by atoms with Crippen LogP contribution in [-0.4, -0.2) is 14.5 Å². The molecule has 0 spiro atoms. The lowest BCUT2D eigenvalue weighted by Gasteiger charge is -1.99. The zero-order valence-corrected chi connectivity index (χ0v) is 10.3. The first kappa shape index (κ1) is 10.6. The molecule has 0 amide bonds. The first-order chi connectivity index (χ1) is 7.20. The van der Waals surface area contributed by atoms with E-state index in [0.29, 0.717) is 5.15 Å². The van der Waals surface area contributed by atoms with Gasteiger partial charge in [0.15, 0.2) is 0 Å². The summed E-state index contributed by atoms with van der Waals surface area (Å²) in [6, 6.07) is 0. The van der Waals surface area contributed by atoms with E-state index in [9.17, 15) is 0 Å². The molecule has 0 aliphatic rings. The second kappa shape index (κ2) is 4.33. The van der Waals surface area contributed by atoms with Crippen LogP contribution < -0.4 is 0 Å². The van der Waals surface area contributed by atoms with Gasteiger partial charge >= 0.3 is 0 Å². The molecule has 0 radical (unpaired) electrons. The zero-order valence-electron chi connectivity index (χ0n) is 8.70. The molecule has 2 aromatic heterocycles. The Bertz CT molecular complexity index is 461. The van der Waals surface area contributed by atoms with Crippen molar-refractivity contribution in [1.82, 2.24) is 14.5 Å². The molecular weight excluding hydrogens is 230 g/mol. The summed E-state index contributed by atoms with van der Waals surface area (Å²) in [7, 11) is 1.92. The van der Waals surface area contributed by atoms with Gasteiger partial charge in [0.25, 0.3) is 0 Å². The molecule has 5 heteroatoms. The Balaban J connectivity index is 2.18. The number of hydrogen-bond acceptors (Lipinski definition) is 3. The molecule has 2 heterocycles. The number of aromatic nitrogens is 3. The Hall–Kier alpha value is -0.870. The van der Waals surface area contributed by atoms with E-state index in [1.807, 2.05) is 11.6 Å². The van der Waals surface area contributed by atoms with Crippen LogP contribution in [0.1, 0.15) is 23.4 Å². The summed E-state index contributed by atoms with van der Waals surface area (Å²) in [6.45, 7) is 2.11. The lowest BCUT2D eigenvalue weighted by atomic mass is 10.4. The van der Waals surface area contributed by atoms with Crippen molar-refractivity contribution in [2.75, 3.05) is 0 Å². The number of nitrogens with zero attached hydrogens (tertiary/aromatic N) is 3. The highest BCUT2D eigenvalue weighted by Gasteiger charge is 2.08. The van der Waals surface area contributed by atoms with Crippen molar-refractivity contribution in [3.8, 4) is 0 Å². The van der Waals surface area contributed by atoms with Gasteiger partial charge in [0, 0.05) is 12.4 Å². The topological polar surface area (TPSA) is 30.7 Å². The average molecular weight is 242 g/mol. The van der Waals surface area contributed by atoms with Gasteiger partial charge < -0.3 is 4.57 Å². The number of aryl methyl sites for hydroxylation is 1. The third kappa shape index (κ3) is 2.21. The standard InChI is InChI=1S/C10H12ClN3S/c1-3-7-6-15-10(13-7)4-9-12-5-8(11)14(9)2/h5-6H,3-4H2,1-2H3. The van der Waals surface area contributed by atoms with Crippen molar-refractivity contribution in [2.45, 2.75) is 19.8 Å². The maximum absolute atomic E-state index is 5.91. The Kier molecular flexibility index (Phi) is 3.07. The zero-order chi connectivity index (χ0) is 10.8. The van der Waals surface area contributed by atoms with Gasteiger partial charge in [-0.05, 0) is 6.42 Å². The van der Waals surface area contributed by atoms with Crippen molar-refractivity contribution in [1.29, 1.82) is 0 Å². The fourth-order valence-electron chi connectivity index (χ4n) is 1.32. The minimum atomic E-state index is 0.664. The summed E-state index contributed by atoms with van der Waals surface area (Å²) in [5.41, 5.74) is 1.15. The molecule has 0 saturated carbocycles. The Morgan fingerprint density at radius 3 is 2.87 bits per heavy atom. The molecule has 0 atom stereocenters. The van der Waals surface area contributed by atoms with Crippen LogP contribution in [0.4, 0.5) is 0 Å². The molecule has 3 nitrogen and oxygen atoms in total. The van der Waals surface area contributed by atoms with Crippen molar-refractivity contribution >= 4 is 22.9 Å².